The minimum atomic E-state index is -0.187. The third kappa shape index (κ3) is 1.78. The fourth-order valence-corrected chi connectivity index (χ4v) is 2.13. The Morgan fingerprint density at radius 3 is 2.50 bits per heavy atom. The zero-order valence-electron chi connectivity index (χ0n) is 9.38. The number of halogens is 2. The Balaban J connectivity index is 2.59. The van der Waals surface area contributed by atoms with E-state index in [0.717, 1.165) is 21.7 Å². The molecule has 0 unspecified atom stereocenters. The first-order valence-electron chi connectivity index (χ1n) is 4.96. The van der Waals surface area contributed by atoms with E-state index in [1.54, 1.807) is 13.0 Å². The van der Waals surface area contributed by atoms with E-state index < -0.39 is 0 Å². The molecule has 0 aliphatic rings. The van der Waals surface area contributed by atoms with Crippen molar-refractivity contribution in [2.75, 3.05) is 0 Å². The van der Waals surface area contributed by atoms with Crippen molar-refractivity contribution in [1.82, 2.24) is 9.55 Å². The highest BCUT2D eigenvalue weighted by atomic mass is 79.9. The van der Waals surface area contributed by atoms with Crippen LogP contribution in [0.2, 0.25) is 0 Å². The maximum absolute atomic E-state index is 13.2. The van der Waals surface area contributed by atoms with Gasteiger partial charge in [0.05, 0.1) is 0 Å². The fourth-order valence-electron chi connectivity index (χ4n) is 1.56. The smallest absolute Gasteiger partial charge is 0.126 e. The number of hydrogen-bond acceptors (Lipinski definition) is 1. The molecular formula is C12H12BrFN2. The lowest BCUT2D eigenvalue weighted by atomic mass is 10.1. The van der Waals surface area contributed by atoms with Gasteiger partial charge in [-0.05, 0) is 53.5 Å². The second-order valence-electron chi connectivity index (χ2n) is 3.82. The summed E-state index contributed by atoms with van der Waals surface area (Å²) in [6.07, 6.45) is 0. The summed E-state index contributed by atoms with van der Waals surface area (Å²) in [7, 11) is 1.94. The number of rotatable bonds is 1. The maximum atomic E-state index is 13.2. The highest BCUT2D eigenvalue weighted by Crippen LogP contribution is 2.28. The normalized spacial score (nSPS) is 10.8. The van der Waals surface area contributed by atoms with Gasteiger partial charge in [0.1, 0.15) is 21.9 Å². The molecule has 0 spiro atoms. The number of benzene rings is 1. The Kier molecular flexibility index (Phi) is 2.84. The first-order chi connectivity index (χ1) is 7.50. The van der Waals surface area contributed by atoms with E-state index in [-0.39, 0.29) is 5.82 Å². The van der Waals surface area contributed by atoms with Crippen LogP contribution in [0.5, 0.6) is 0 Å². The van der Waals surface area contributed by atoms with Crippen LogP contribution >= 0.6 is 15.9 Å². The Labute approximate surface area is 102 Å². The minimum Gasteiger partial charge on any atom is -0.326 e. The molecule has 0 fully saturated rings. The van der Waals surface area contributed by atoms with E-state index in [4.69, 9.17) is 0 Å². The van der Waals surface area contributed by atoms with Crippen molar-refractivity contribution in [2.24, 2.45) is 7.05 Å². The van der Waals surface area contributed by atoms with Crippen molar-refractivity contribution >= 4 is 15.9 Å². The van der Waals surface area contributed by atoms with Crippen LogP contribution in [0.15, 0.2) is 22.8 Å². The summed E-state index contributed by atoms with van der Waals surface area (Å²) in [5.74, 6) is 0.733. The summed E-state index contributed by atoms with van der Waals surface area (Å²) in [6, 6.07) is 5.03. The number of imidazole rings is 1. The largest absolute Gasteiger partial charge is 0.326 e. The van der Waals surface area contributed by atoms with Crippen LogP contribution < -0.4 is 0 Å². The lowest BCUT2D eigenvalue weighted by Gasteiger charge is -2.01. The van der Waals surface area contributed by atoms with Crippen molar-refractivity contribution in [1.29, 1.82) is 0 Å². The van der Waals surface area contributed by atoms with Gasteiger partial charge >= 0.3 is 0 Å². The zero-order chi connectivity index (χ0) is 11.9. The molecule has 2 rings (SSSR count). The molecule has 0 amide bonds. The van der Waals surface area contributed by atoms with Gasteiger partial charge in [-0.3, -0.25) is 0 Å². The predicted molar refractivity (Wildman–Crippen MR) is 65.8 cm³/mol. The molecule has 0 N–H and O–H groups in total. The molecule has 1 aromatic carbocycles. The molecule has 2 aromatic rings. The van der Waals surface area contributed by atoms with Gasteiger partial charge in [0.2, 0.25) is 0 Å². The molecule has 2 nitrogen and oxygen atoms in total. The monoisotopic (exact) mass is 282 g/mol. The van der Waals surface area contributed by atoms with Gasteiger partial charge in [-0.1, -0.05) is 0 Å². The fraction of sp³-hybridized carbons (Fsp3) is 0.250. The van der Waals surface area contributed by atoms with Crippen LogP contribution in [0.1, 0.15) is 11.4 Å². The summed E-state index contributed by atoms with van der Waals surface area (Å²) < 4.78 is 16.0. The molecule has 1 aromatic heterocycles. The van der Waals surface area contributed by atoms with Gasteiger partial charge in [-0.15, -0.1) is 0 Å². The second-order valence-corrected chi connectivity index (χ2v) is 4.57. The zero-order valence-corrected chi connectivity index (χ0v) is 11.0. The van der Waals surface area contributed by atoms with E-state index in [9.17, 15) is 4.39 Å². The summed E-state index contributed by atoms with van der Waals surface area (Å²) in [5, 5.41) is 0. The first kappa shape index (κ1) is 11.3. The molecule has 0 bridgehead atoms. The summed E-state index contributed by atoms with van der Waals surface area (Å²) in [6.45, 7) is 3.69. The van der Waals surface area contributed by atoms with Crippen LogP contribution in [-0.2, 0) is 7.05 Å². The SMILES string of the molecule is Cc1cc(-c2nc(C)n(C)c2Br)ccc1F. The van der Waals surface area contributed by atoms with Gasteiger partial charge < -0.3 is 4.57 Å². The molecular weight excluding hydrogens is 271 g/mol. The predicted octanol–water partition coefficient (Wildman–Crippen LogP) is 3.61. The molecule has 16 heavy (non-hydrogen) atoms. The van der Waals surface area contributed by atoms with Crippen LogP contribution in [0, 0.1) is 19.7 Å². The van der Waals surface area contributed by atoms with Crippen molar-refractivity contribution in [3.8, 4) is 11.3 Å². The molecule has 4 heteroatoms. The minimum absolute atomic E-state index is 0.187. The molecule has 0 radical (unpaired) electrons. The quantitative estimate of drug-likeness (QED) is 0.781. The van der Waals surface area contributed by atoms with Crippen LogP contribution in [0.25, 0.3) is 11.3 Å². The number of hydrogen-bond donors (Lipinski definition) is 0. The van der Waals surface area contributed by atoms with Gasteiger partial charge in [-0.25, -0.2) is 9.37 Å². The third-order valence-corrected chi connectivity index (χ3v) is 3.59. The van der Waals surface area contributed by atoms with Crippen molar-refractivity contribution in [3.05, 3.63) is 40.0 Å². The van der Waals surface area contributed by atoms with Gasteiger partial charge in [0.25, 0.3) is 0 Å². The van der Waals surface area contributed by atoms with Gasteiger partial charge in [0, 0.05) is 12.6 Å². The van der Waals surface area contributed by atoms with E-state index in [2.05, 4.69) is 20.9 Å². The summed E-state index contributed by atoms with van der Waals surface area (Å²) in [4.78, 5) is 4.44. The third-order valence-electron chi connectivity index (χ3n) is 2.68. The van der Waals surface area contributed by atoms with Crippen LogP contribution in [0.4, 0.5) is 4.39 Å². The first-order valence-corrected chi connectivity index (χ1v) is 5.75. The highest BCUT2D eigenvalue weighted by Gasteiger charge is 2.12. The van der Waals surface area contributed by atoms with E-state index in [0.29, 0.717) is 5.56 Å². The number of aryl methyl sites for hydroxylation is 2. The molecule has 1 heterocycles. The van der Waals surface area contributed by atoms with E-state index in [1.807, 2.05) is 24.6 Å². The van der Waals surface area contributed by atoms with Crippen molar-refractivity contribution in [2.45, 2.75) is 13.8 Å². The highest BCUT2D eigenvalue weighted by molar-refractivity contribution is 9.10. The second kappa shape index (κ2) is 4.01. The lowest BCUT2D eigenvalue weighted by Crippen LogP contribution is -1.90. The standard InChI is InChI=1S/C12H12BrFN2/c1-7-6-9(4-5-10(7)14)11-12(13)16(3)8(2)15-11/h4-6H,1-3H3. The van der Waals surface area contributed by atoms with Crippen LogP contribution in [-0.4, -0.2) is 9.55 Å². The van der Waals surface area contributed by atoms with Crippen molar-refractivity contribution < 1.29 is 4.39 Å². The maximum Gasteiger partial charge on any atom is 0.126 e. The Morgan fingerprint density at radius 2 is 2.00 bits per heavy atom. The molecule has 0 aliphatic carbocycles. The number of aromatic nitrogens is 2. The molecule has 0 aliphatic heterocycles. The molecule has 84 valence electrons. The number of nitrogens with zero attached hydrogens (tertiary/aromatic N) is 2. The Hall–Kier alpha value is -1.16. The average Bonchev–Trinajstić information content (AvgIpc) is 2.50. The summed E-state index contributed by atoms with van der Waals surface area (Å²) in [5.41, 5.74) is 2.41. The van der Waals surface area contributed by atoms with E-state index >= 15 is 0 Å². The van der Waals surface area contributed by atoms with Gasteiger partial charge in [-0.2, -0.15) is 0 Å². The topological polar surface area (TPSA) is 17.8 Å². The summed E-state index contributed by atoms with van der Waals surface area (Å²) >= 11 is 3.49. The Morgan fingerprint density at radius 1 is 1.31 bits per heavy atom. The Bertz CT molecular complexity index is 546. The molecule has 0 saturated heterocycles. The van der Waals surface area contributed by atoms with E-state index in [1.165, 1.54) is 6.07 Å². The van der Waals surface area contributed by atoms with Crippen molar-refractivity contribution in [3.63, 3.8) is 0 Å². The molecule has 0 atom stereocenters. The van der Waals surface area contributed by atoms with Crippen LogP contribution in [0.3, 0.4) is 0 Å². The average molecular weight is 283 g/mol. The van der Waals surface area contributed by atoms with Gasteiger partial charge in [0.15, 0.2) is 0 Å². The lowest BCUT2D eigenvalue weighted by molar-refractivity contribution is 0.619. The molecule has 0 saturated carbocycles.